The summed E-state index contributed by atoms with van der Waals surface area (Å²) in [6, 6.07) is 22.7. The van der Waals surface area contributed by atoms with Gasteiger partial charge in [-0.3, -0.25) is 14.5 Å². The zero-order valence-corrected chi connectivity index (χ0v) is 25.9. The molecular formula is C33H30N4O6S2. The Bertz CT molecular complexity index is 1710. The van der Waals surface area contributed by atoms with E-state index in [0.29, 0.717) is 33.3 Å². The van der Waals surface area contributed by atoms with E-state index in [4.69, 9.17) is 9.47 Å². The topological polar surface area (TPSA) is 127 Å². The summed E-state index contributed by atoms with van der Waals surface area (Å²) >= 11 is 2.67. The Morgan fingerprint density at radius 2 is 1.73 bits per heavy atom. The summed E-state index contributed by atoms with van der Waals surface area (Å²) in [5.74, 6) is -0.684. The van der Waals surface area contributed by atoms with E-state index in [1.165, 1.54) is 35.1 Å². The number of nitrogens with one attached hydrogen (secondary N) is 2. The van der Waals surface area contributed by atoms with Crippen molar-refractivity contribution in [1.82, 2.24) is 15.2 Å². The average Bonchev–Trinajstić information content (AvgIpc) is 3.57. The summed E-state index contributed by atoms with van der Waals surface area (Å²) in [4.78, 5) is 57.7. The van der Waals surface area contributed by atoms with Gasteiger partial charge < -0.3 is 20.1 Å². The van der Waals surface area contributed by atoms with E-state index in [2.05, 4.69) is 15.6 Å². The first-order valence-electron chi connectivity index (χ1n) is 14.4. The molecule has 1 aliphatic heterocycles. The Morgan fingerprint density at radius 1 is 0.956 bits per heavy atom. The van der Waals surface area contributed by atoms with Crippen LogP contribution in [0.2, 0.25) is 0 Å². The lowest BCUT2D eigenvalue weighted by atomic mass is 10.1. The molecule has 4 aromatic rings. The Balaban J connectivity index is 1.18. The monoisotopic (exact) mass is 642 g/mol. The number of nitrogens with zero attached hydrogens (tertiary/aromatic N) is 2. The third-order valence-corrected chi connectivity index (χ3v) is 9.48. The van der Waals surface area contributed by atoms with Gasteiger partial charge in [0.15, 0.2) is 5.13 Å². The highest BCUT2D eigenvalue weighted by Gasteiger charge is 2.43. The Labute approximate surface area is 268 Å². The minimum atomic E-state index is -0.860. The van der Waals surface area contributed by atoms with Crippen molar-refractivity contribution in [3.8, 4) is 11.3 Å². The summed E-state index contributed by atoms with van der Waals surface area (Å²) in [6.07, 6.45) is 1.39. The predicted octanol–water partition coefficient (Wildman–Crippen LogP) is 5.88. The molecule has 0 spiro atoms. The van der Waals surface area contributed by atoms with Crippen LogP contribution in [-0.4, -0.2) is 58.7 Å². The van der Waals surface area contributed by atoms with Gasteiger partial charge in [-0.2, -0.15) is 0 Å². The second kappa shape index (κ2) is 13.5. The zero-order chi connectivity index (χ0) is 31.3. The Morgan fingerprint density at radius 3 is 2.47 bits per heavy atom. The Kier molecular flexibility index (Phi) is 9.13. The second-order valence-corrected chi connectivity index (χ2v) is 12.6. The molecule has 3 aromatic carbocycles. The number of hydrogen-bond acceptors (Lipinski definition) is 9. The fraction of sp³-hybridized carbons (Fsp3) is 0.242. The third-order valence-electron chi connectivity index (χ3n) is 7.40. The molecule has 0 bridgehead atoms. The van der Waals surface area contributed by atoms with Crippen LogP contribution < -0.4 is 10.6 Å². The van der Waals surface area contributed by atoms with Gasteiger partial charge in [-0.25, -0.2) is 14.6 Å². The molecule has 2 unspecified atom stereocenters. The number of carbonyl (C=O) groups excluding carboxylic acids is 4. The number of thiazole rings is 1. The van der Waals surface area contributed by atoms with Crippen LogP contribution in [0.15, 0.2) is 84.2 Å². The van der Waals surface area contributed by atoms with Crippen LogP contribution in [0.25, 0.3) is 11.3 Å². The van der Waals surface area contributed by atoms with Gasteiger partial charge in [-0.05, 0) is 48.2 Å². The van der Waals surface area contributed by atoms with Crippen molar-refractivity contribution in [3.05, 3.63) is 106 Å². The van der Waals surface area contributed by atoms with Crippen molar-refractivity contribution >= 4 is 52.1 Å². The van der Waals surface area contributed by atoms with Crippen LogP contribution in [0.4, 0.5) is 9.93 Å². The zero-order valence-electron chi connectivity index (χ0n) is 24.3. The highest BCUT2D eigenvalue weighted by molar-refractivity contribution is 7.99. The third kappa shape index (κ3) is 7.18. The lowest BCUT2D eigenvalue weighted by Gasteiger charge is -2.28. The summed E-state index contributed by atoms with van der Waals surface area (Å²) < 4.78 is 10.5. The molecule has 2 fully saturated rings. The van der Waals surface area contributed by atoms with E-state index >= 15 is 0 Å². The van der Waals surface area contributed by atoms with Gasteiger partial charge >= 0.3 is 12.1 Å². The van der Waals surface area contributed by atoms with Gasteiger partial charge in [0.05, 0.1) is 18.4 Å². The van der Waals surface area contributed by atoms with Crippen molar-refractivity contribution in [2.75, 3.05) is 18.2 Å². The van der Waals surface area contributed by atoms with Gasteiger partial charge in [0.2, 0.25) is 5.91 Å². The first-order valence-corrected chi connectivity index (χ1v) is 16.3. The number of rotatable bonds is 9. The summed E-state index contributed by atoms with van der Waals surface area (Å²) in [6.45, 7) is 0.0426. The molecule has 2 aliphatic rings. The molecular weight excluding hydrogens is 613 g/mol. The summed E-state index contributed by atoms with van der Waals surface area (Å²) in [7, 11) is 1.31. The van der Waals surface area contributed by atoms with Crippen LogP contribution in [0.3, 0.4) is 0 Å². The van der Waals surface area contributed by atoms with Crippen molar-refractivity contribution in [3.63, 3.8) is 0 Å². The van der Waals surface area contributed by atoms with E-state index < -0.39 is 29.4 Å². The van der Waals surface area contributed by atoms with Crippen molar-refractivity contribution in [2.45, 2.75) is 36.9 Å². The lowest BCUT2D eigenvalue weighted by molar-refractivity contribution is -0.120. The number of anilines is 1. The van der Waals surface area contributed by atoms with E-state index in [0.717, 1.165) is 24.0 Å². The van der Waals surface area contributed by atoms with Crippen molar-refractivity contribution in [2.24, 2.45) is 0 Å². The molecule has 1 aliphatic carbocycles. The van der Waals surface area contributed by atoms with Crippen molar-refractivity contribution < 1.29 is 28.7 Å². The highest BCUT2D eigenvalue weighted by atomic mass is 32.2. The number of carbonyl (C=O) groups is 4. The predicted molar refractivity (Wildman–Crippen MR) is 172 cm³/mol. The molecule has 3 amide bonds. The molecule has 1 saturated heterocycles. The summed E-state index contributed by atoms with van der Waals surface area (Å²) in [5.41, 5.74) is 3.87. The minimum Gasteiger partial charge on any atom is -0.465 e. The van der Waals surface area contributed by atoms with Crippen LogP contribution in [-0.2, 0) is 20.9 Å². The SMILES string of the molecule is COC(=O)c1cccc(C2SCC(C(=O)Nc3nc(-c4ccc(C(=O)NC5CC5)cc4)cs3)N2C(=O)OCc2ccccc2)c1. The average molecular weight is 643 g/mol. The van der Waals surface area contributed by atoms with Crippen LogP contribution >= 0.6 is 23.1 Å². The largest absolute Gasteiger partial charge is 0.465 e. The highest BCUT2D eigenvalue weighted by Crippen LogP contribution is 2.42. The number of amides is 3. The molecule has 2 heterocycles. The molecule has 10 nitrogen and oxygen atoms in total. The standard InChI is InChI=1S/C33H30N4O6S2/c1-42-31(40)24-9-5-8-23(16-24)30-37(33(41)43-17-20-6-3-2-4-7-20)27(19-44-30)29(39)36-32-35-26(18-45-32)21-10-12-22(13-11-21)28(38)34-25-14-15-25/h2-13,16,18,25,27,30H,14-15,17,19H2,1H3,(H,34,38)(H,35,36,39). The minimum absolute atomic E-state index is 0.0426. The van der Waals surface area contributed by atoms with Crippen LogP contribution in [0.1, 0.15) is 50.1 Å². The number of esters is 1. The number of thioether (sulfide) groups is 1. The quantitative estimate of drug-likeness (QED) is 0.217. The number of hydrogen-bond donors (Lipinski definition) is 2. The molecule has 45 heavy (non-hydrogen) atoms. The molecule has 2 atom stereocenters. The summed E-state index contributed by atoms with van der Waals surface area (Å²) in [5, 5.41) is 7.47. The lowest BCUT2D eigenvalue weighted by Crippen LogP contribution is -2.45. The molecule has 6 rings (SSSR count). The second-order valence-electron chi connectivity index (χ2n) is 10.6. The van der Waals surface area contributed by atoms with Gasteiger partial charge in [-0.1, -0.05) is 54.6 Å². The maximum Gasteiger partial charge on any atom is 0.412 e. The fourth-order valence-electron chi connectivity index (χ4n) is 4.86. The van der Waals surface area contributed by atoms with Crippen LogP contribution in [0, 0.1) is 0 Å². The van der Waals surface area contributed by atoms with Gasteiger partial charge in [0, 0.05) is 28.3 Å². The van der Waals surface area contributed by atoms with E-state index in [9.17, 15) is 19.2 Å². The molecule has 1 saturated carbocycles. The molecule has 12 heteroatoms. The number of aromatic nitrogens is 1. The van der Waals surface area contributed by atoms with Crippen LogP contribution in [0.5, 0.6) is 0 Å². The first kappa shape index (κ1) is 30.4. The number of methoxy groups -OCH3 is 1. The molecule has 0 radical (unpaired) electrons. The van der Waals surface area contributed by atoms with E-state index in [-0.39, 0.29) is 18.6 Å². The van der Waals surface area contributed by atoms with Gasteiger partial charge in [-0.15, -0.1) is 23.1 Å². The maximum absolute atomic E-state index is 13.6. The molecule has 230 valence electrons. The smallest absolute Gasteiger partial charge is 0.412 e. The molecule has 1 aromatic heterocycles. The van der Waals surface area contributed by atoms with E-state index in [1.807, 2.05) is 47.8 Å². The molecule has 2 N–H and O–H groups in total. The van der Waals surface area contributed by atoms with Crippen molar-refractivity contribution in [1.29, 1.82) is 0 Å². The normalized spacial score (nSPS) is 17.4. The van der Waals surface area contributed by atoms with Gasteiger partial charge in [0.1, 0.15) is 18.0 Å². The maximum atomic E-state index is 13.6. The number of benzene rings is 3. The van der Waals surface area contributed by atoms with Gasteiger partial charge in [0.25, 0.3) is 5.91 Å². The Hall–Kier alpha value is -4.68. The van der Waals surface area contributed by atoms with E-state index in [1.54, 1.807) is 36.4 Å². The first-order chi connectivity index (χ1) is 21.9. The fourth-order valence-corrected chi connectivity index (χ4v) is 6.99. The number of ether oxygens (including phenoxy) is 2.